The number of likely N-dealkylation sites (tertiary alicyclic amines) is 1. The van der Waals surface area contributed by atoms with E-state index in [0.717, 1.165) is 61.5 Å². The van der Waals surface area contributed by atoms with E-state index in [0.29, 0.717) is 0 Å². The van der Waals surface area contributed by atoms with Gasteiger partial charge in [0.1, 0.15) is 10.8 Å². The molecule has 1 aromatic carbocycles. The third-order valence-corrected chi connectivity index (χ3v) is 9.58. The maximum absolute atomic E-state index is 13.4. The number of amides is 1. The van der Waals surface area contributed by atoms with E-state index in [-0.39, 0.29) is 40.8 Å². The second-order valence-electron chi connectivity index (χ2n) is 10.5. The average Bonchev–Trinajstić information content (AvgIpc) is 3.43. The van der Waals surface area contributed by atoms with Crippen LogP contribution in [-0.2, 0) is 11.2 Å². The molecule has 2 aromatic rings. The lowest BCUT2D eigenvalue weighted by atomic mass is 9.53. The topological polar surface area (TPSA) is 53.4 Å². The lowest BCUT2D eigenvalue weighted by molar-refractivity contribution is -0.143. The highest BCUT2D eigenvalue weighted by molar-refractivity contribution is 7.15. The van der Waals surface area contributed by atoms with E-state index in [1.165, 1.54) is 17.0 Å². The average molecular weight is 457 g/mol. The maximum Gasteiger partial charge on any atom is 0.225 e. The van der Waals surface area contributed by atoms with E-state index in [4.69, 9.17) is 4.98 Å². The van der Waals surface area contributed by atoms with Gasteiger partial charge < -0.3 is 10.0 Å². The Kier molecular flexibility index (Phi) is 5.65. The Labute approximate surface area is 193 Å². The number of carbonyl (C=O) groups is 1. The van der Waals surface area contributed by atoms with Crippen LogP contribution in [0.2, 0.25) is 0 Å². The molecule has 32 heavy (non-hydrogen) atoms. The molecule has 0 spiro atoms. The van der Waals surface area contributed by atoms with Crippen LogP contribution in [-0.4, -0.2) is 40.1 Å². The molecule has 172 valence electrons. The third-order valence-electron chi connectivity index (χ3n) is 8.46. The van der Waals surface area contributed by atoms with Crippen molar-refractivity contribution < 1.29 is 14.3 Å². The van der Waals surface area contributed by atoms with Gasteiger partial charge in [0.25, 0.3) is 0 Å². The van der Waals surface area contributed by atoms with Crippen molar-refractivity contribution in [3.05, 3.63) is 40.7 Å². The van der Waals surface area contributed by atoms with Gasteiger partial charge in [-0.1, -0.05) is 20.8 Å². The monoisotopic (exact) mass is 456 g/mol. The molecular weight excluding hydrogens is 423 g/mol. The van der Waals surface area contributed by atoms with Crippen LogP contribution in [0.3, 0.4) is 0 Å². The molecule has 1 N–H and O–H groups in total. The van der Waals surface area contributed by atoms with E-state index in [1.807, 2.05) is 11.8 Å². The van der Waals surface area contributed by atoms with Crippen LogP contribution in [0.1, 0.15) is 62.9 Å². The standard InChI is InChI=1S/C26H33FN2O2S/c1-15(25(31)29-12-4-5-13-29)19-10-11-26(3)14-20-22(16(2)21(26)23(19)30)28-24(32-20)17-6-8-18(27)9-7-17/h6-9,15-16,19,21,23,30H,4-5,10-14H2,1-3H3/t15-,16-,19?,21+,23-,26-/m0/s1. The van der Waals surface area contributed by atoms with Gasteiger partial charge in [0.05, 0.1) is 11.8 Å². The number of rotatable bonds is 3. The number of aromatic nitrogens is 1. The summed E-state index contributed by atoms with van der Waals surface area (Å²) in [6.07, 6.45) is 4.49. The van der Waals surface area contributed by atoms with Crippen molar-refractivity contribution in [3.63, 3.8) is 0 Å². The van der Waals surface area contributed by atoms with Crippen LogP contribution in [0.25, 0.3) is 10.6 Å². The minimum Gasteiger partial charge on any atom is -0.392 e. The zero-order valence-corrected chi connectivity index (χ0v) is 20.0. The fourth-order valence-corrected chi connectivity index (χ4v) is 8.04. The van der Waals surface area contributed by atoms with Gasteiger partial charge >= 0.3 is 0 Å². The summed E-state index contributed by atoms with van der Waals surface area (Å²) in [6.45, 7) is 8.23. The molecule has 6 atom stereocenters. The van der Waals surface area contributed by atoms with Crippen molar-refractivity contribution in [2.75, 3.05) is 13.1 Å². The van der Waals surface area contributed by atoms with Crippen molar-refractivity contribution in [2.45, 2.75) is 64.9 Å². The summed E-state index contributed by atoms with van der Waals surface area (Å²) in [7, 11) is 0. The molecule has 6 heteroatoms. The fourth-order valence-electron chi connectivity index (χ4n) is 6.67. The summed E-state index contributed by atoms with van der Waals surface area (Å²) in [6, 6.07) is 6.53. The summed E-state index contributed by atoms with van der Waals surface area (Å²) in [5.41, 5.74) is 2.02. The molecule has 2 fully saturated rings. The minimum atomic E-state index is -0.505. The SMILES string of the molecule is C[C@H](C(=O)N1CCCC1)C1CC[C@@]2(C)Cc3sc(-c4ccc(F)cc4)nc3[C@@H](C)[C@@H]2[C@H]1O. The van der Waals surface area contributed by atoms with Gasteiger partial charge in [0, 0.05) is 35.4 Å². The van der Waals surface area contributed by atoms with E-state index < -0.39 is 6.10 Å². The molecule has 0 radical (unpaired) electrons. The van der Waals surface area contributed by atoms with Crippen LogP contribution in [0.5, 0.6) is 0 Å². The molecule has 1 aromatic heterocycles. The van der Waals surface area contributed by atoms with E-state index >= 15 is 0 Å². The Morgan fingerprint density at radius 2 is 1.97 bits per heavy atom. The number of hydrogen-bond donors (Lipinski definition) is 1. The molecule has 0 bridgehead atoms. The first-order valence-corrected chi connectivity index (χ1v) is 12.8. The molecular formula is C26H33FN2O2S. The summed E-state index contributed by atoms with van der Waals surface area (Å²) in [5, 5.41) is 12.5. The first-order chi connectivity index (χ1) is 15.3. The number of aliphatic hydroxyl groups is 1. The van der Waals surface area contributed by atoms with Gasteiger partial charge in [0.15, 0.2) is 0 Å². The number of nitrogens with zero attached hydrogens (tertiary/aromatic N) is 2. The van der Waals surface area contributed by atoms with Gasteiger partial charge in [-0.3, -0.25) is 4.79 Å². The van der Waals surface area contributed by atoms with Crippen molar-refractivity contribution in [3.8, 4) is 10.6 Å². The molecule has 4 nitrogen and oxygen atoms in total. The summed E-state index contributed by atoms with van der Waals surface area (Å²) < 4.78 is 13.4. The third kappa shape index (κ3) is 3.60. The van der Waals surface area contributed by atoms with E-state index in [9.17, 15) is 14.3 Å². The molecule has 1 unspecified atom stereocenters. The molecule has 3 aliphatic rings. The van der Waals surface area contributed by atoms with Crippen molar-refractivity contribution in [1.82, 2.24) is 9.88 Å². The van der Waals surface area contributed by atoms with Crippen molar-refractivity contribution in [1.29, 1.82) is 0 Å². The molecule has 1 aliphatic heterocycles. The number of aliphatic hydroxyl groups excluding tert-OH is 1. The highest BCUT2D eigenvalue weighted by Gasteiger charge is 2.54. The maximum atomic E-state index is 13.4. The molecule has 1 amide bonds. The summed E-state index contributed by atoms with van der Waals surface area (Å²) >= 11 is 1.71. The van der Waals surface area contributed by atoms with Crippen LogP contribution in [0, 0.1) is 29.0 Å². The summed E-state index contributed by atoms with van der Waals surface area (Å²) in [5.74, 6) is 0.0407. The largest absolute Gasteiger partial charge is 0.392 e. The summed E-state index contributed by atoms with van der Waals surface area (Å²) in [4.78, 5) is 21.3. The lowest BCUT2D eigenvalue weighted by Gasteiger charge is -2.53. The van der Waals surface area contributed by atoms with Gasteiger partial charge in [-0.05, 0) is 73.6 Å². The zero-order chi connectivity index (χ0) is 22.6. The Bertz CT molecular complexity index is 1000. The number of fused-ring (bicyclic) bond motifs is 2. The van der Waals surface area contributed by atoms with Crippen molar-refractivity contribution in [2.24, 2.45) is 23.2 Å². The van der Waals surface area contributed by atoms with Gasteiger partial charge in [-0.15, -0.1) is 11.3 Å². The Morgan fingerprint density at radius 3 is 2.66 bits per heavy atom. The molecule has 2 aliphatic carbocycles. The first kappa shape index (κ1) is 22.0. The van der Waals surface area contributed by atoms with Gasteiger partial charge in [0.2, 0.25) is 5.91 Å². The number of thiazole rings is 1. The Hall–Kier alpha value is -1.79. The second-order valence-corrected chi connectivity index (χ2v) is 11.6. The lowest BCUT2D eigenvalue weighted by Crippen LogP contribution is -2.53. The number of hydrogen-bond acceptors (Lipinski definition) is 4. The quantitative estimate of drug-likeness (QED) is 0.685. The minimum absolute atomic E-state index is 0.000352. The zero-order valence-electron chi connectivity index (χ0n) is 19.2. The Morgan fingerprint density at radius 1 is 1.28 bits per heavy atom. The molecule has 2 heterocycles. The Balaban J connectivity index is 1.41. The highest BCUT2D eigenvalue weighted by Crippen LogP contribution is 2.57. The predicted octanol–water partition coefficient (Wildman–Crippen LogP) is 5.26. The van der Waals surface area contributed by atoms with Crippen LogP contribution < -0.4 is 0 Å². The molecule has 1 saturated heterocycles. The van der Waals surface area contributed by atoms with Crippen LogP contribution >= 0.6 is 11.3 Å². The van der Waals surface area contributed by atoms with E-state index in [1.54, 1.807) is 23.5 Å². The normalized spacial score (nSPS) is 33.0. The first-order valence-electron chi connectivity index (χ1n) is 12.0. The highest BCUT2D eigenvalue weighted by atomic mass is 32.1. The number of carbonyl (C=O) groups excluding carboxylic acids is 1. The molecule has 5 rings (SSSR count). The fraction of sp³-hybridized carbons (Fsp3) is 0.615. The smallest absolute Gasteiger partial charge is 0.225 e. The van der Waals surface area contributed by atoms with E-state index in [2.05, 4.69) is 13.8 Å². The molecule has 1 saturated carbocycles. The van der Waals surface area contributed by atoms with Crippen molar-refractivity contribution >= 4 is 17.2 Å². The second kappa shape index (κ2) is 8.21. The number of halogens is 1. The van der Waals surface area contributed by atoms with Gasteiger partial charge in [-0.2, -0.15) is 0 Å². The van der Waals surface area contributed by atoms with Gasteiger partial charge in [-0.25, -0.2) is 9.37 Å². The van der Waals surface area contributed by atoms with Crippen LogP contribution in [0.4, 0.5) is 4.39 Å². The van der Waals surface area contributed by atoms with Crippen LogP contribution in [0.15, 0.2) is 24.3 Å². The predicted molar refractivity (Wildman–Crippen MR) is 125 cm³/mol. The number of benzene rings is 1.